The molecule has 0 bridgehead atoms. The third kappa shape index (κ3) is 6.55. The van der Waals surface area contributed by atoms with Crippen LogP contribution < -0.4 is 9.08 Å². The Morgan fingerprint density at radius 1 is 0.902 bits per heavy atom. The smallest absolute Gasteiger partial charge is 0.339 e. The molecule has 1 heterocycles. The van der Waals surface area contributed by atoms with Gasteiger partial charge in [0.1, 0.15) is 4.90 Å². The molecular formula is C30H21BrCl2N2O4S2. The molecule has 6 nitrogen and oxygen atoms in total. The lowest BCUT2D eigenvalue weighted by molar-refractivity contribution is -0.113. The summed E-state index contributed by atoms with van der Waals surface area (Å²) in [5.41, 5.74) is 3.64. The number of carbonyl (C=O) groups is 1. The second-order valence-electron chi connectivity index (χ2n) is 9.05. The normalized spacial score (nSPS) is 15.6. The zero-order valence-electron chi connectivity index (χ0n) is 21.6. The summed E-state index contributed by atoms with van der Waals surface area (Å²) in [6.45, 7) is 3.79. The lowest BCUT2D eigenvalue weighted by Gasteiger charge is -2.16. The molecule has 0 aliphatic carbocycles. The van der Waals surface area contributed by atoms with Gasteiger partial charge in [-0.15, -0.1) is 0 Å². The molecule has 4 aromatic rings. The Bertz CT molecular complexity index is 1840. The number of thioether (sulfide) groups is 1. The Morgan fingerprint density at radius 2 is 1.59 bits per heavy atom. The van der Waals surface area contributed by atoms with Crippen molar-refractivity contribution < 1.29 is 17.4 Å². The first-order valence-corrected chi connectivity index (χ1v) is 15.9. The van der Waals surface area contributed by atoms with E-state index in [9.17, 15) is 13.2 Å². The summed E-state index contributed by atoms with van der Waals surface area (Å²) in [6, 6.07) is 23.6. The van der Waals surface area contributed by atoms with Gasteiger partial charge in [0.05, 0.1) is 20.8 Å². The summed E-state index contributed by atoms with van der Waals surface area (Å²) >= 11 is 17.3. The van der Waals surface area contributed by atoms with E-state index in [0.29, 0.717) is 41.5 Å². The Morgan fingerprint density at radius 3 is 2.24 bits per heavy atom. The minimum Gasteiger partial charge on any atom is -0.378 e. The van der Waals surface area contributed by atoms with E-state index in [2.05, 4.69) is 15.9 Å². The summed E-state index contributed by atoms with van der Waals surface area (Å²) in [5, 5.41) is 1.54. The van der Waals surface area contributed by atoms with Crippen LogP contribution in [-0.2, 0) is 14.9 Å². The van der Waals surface area contributed by atoms with E-state index < -0.39 is 10.1 Å². The van der Waals surface area contributed by atoms with Gasteiger partial charge in [0.15, 0.2) is 10.9 Å². The number of hydrogen-bond acceptors (Lipinski definition) is 6. The molecule has 1 fully saturated rings. The van der Waals surface area contributed by atoms with Crippen molar-refractivity contribution in [3.63, 3.8) is 0 Å². The van der Waals surface area contributed by atoms with Crippen molar-refractivity contribution in [2.45, 2.75) is 18.7 Å². The predicted molar refractivity (Wildman–Crippen MR) is 171 cm³/mol. The highest BCUT2D eigenvalue weighted by atomic mass is 79.9. The molecular weight excluding hydrogens is 667 g/mol. The number of aryl methyl sites for hydroxylation is 2. The third-order valence-corrected chi connectivity index (χ3v) is 9.74. The monoisotopic (exact) mass is 686 g/mol. The van der Waals surface area contributed by atoms with Crippen LogP contribution >= 0.6 is 50.9 Å². The van der Waals surface area contributed by atoms with Gasteiger partial charge in [0.2, 0.25) is 0 Å². The lowest BCUT2D eigenvalue weighted by atomic mass is 10.2. The van der Waals surface area contributed by atoms with Crippen LogP contribution in [0.4, 0.5) is 11.4 Å². The van der Waals surface area contributed by atoms with E-state index in [1.54, 1.807) is 48.5 Å². The van der Waals surface area contributed by atoms with Crippen LogP contribution in [0, 0.1) is 13.8 Å². The number of rotatable bonds is 6. The van der Waals surface area contributed by atoms with E-state index in [4.69, 9.17) is 32.4 Å². The van der Waals surface area contributed by atoms with Gasteiger partial charge in [-0.25, -0.2) is 4.99 Å². The van der Waals surface area contributed by atoms with Crippen molar-refractivity contribution in [3.8, 4) is 5.75 Å². The number of hydrogen-bond donors (Lipinski definition) is 0. The molecule has 0 N–H and O–H groups in total. The van der Waals surface area contributed by atoms with Crippen LogP contribution in [-0.4, -0.2) is 19.5 Å². The zero-order valence-corrected chi connectivity index (χ0v) is 26.4. The largest absolute Gasteiger partial charge is 0.378 e. The first-order chi connectivity index (χ1) is 19.5. The van der Waals surface area contributed by atoms with Gasteiger partial charge < -0.3 is 4.18 Å². The Hall–Kier alpha value is -3.08. The Kier molecular flexibility index (Phi) is 8.63. The highest BCUT2D eigenvalue weighted by Crippen LogP contribution is 2.39. The summed E-state index contributed by atoms with van der Waals surface area (Å²) < 4.78 is 31.1. The zero-order chi connectivity index (χ0) is 29.3. The molecule has 0 saturated carbocycles. The van der Waals surface area contributed by atoms with Gasteiger partial charge in [0, 0.05) is 10.0 Å². The predicted octanol–water partition coefficient (Wildman–Crippen LogP) is 8.95. The van der Waals surface area contributed by atoms with Crippen molar-refractivity contribution in [1.82, 2.24) is 0 Å². The average Bonchev–Trinajstić information content (AvgIpc) is 3.23. The molecule has 0 radical (unpaired) electrons. The minimum atomic E-state index is -4.01. The van der Waals surface area contributed by atoms with Gasteiger partial charge in [-0.1, -0.05) is 59.6 Å². The average molecular weight is 688 g/mol. The fraction of sp³-hybridized carbons (Fsp3) is 0.0667. The van der Waals surface area contributed by atoms with Crippen LogP contribution in [0.1, 0.15) is 16.7 Å². The van der Waals surface area contributed by atoms with E-state index in [1.165, 1.54) is 34.9 Å². The van der Waals surface area contributed by atoms with Crippen LogP contribution in [0.3, 0.4) is 0 Å². The quantitative estimate of drug-likeness (QED) is 0.149. The maximum Gasteiger partial charge on any atom is 0.339 e. The molecule has 1 aliphatic rings. The number of nitrogens with zero attached hydrogens (tertiary/aromatic N) is 2. The number of aliphatic imine (C=N–C) groups is 1. The highest BCUT2D eigenvalue weighted by molar-refractivity contribution is 9.10. The number of halogens is 3. The van der Waals surface area contributed by atoms with Gasteiger partial charge >= 0.3 is 10.1 Å². The number of anilines is 1. The Labute approximate surface area is 260 Å². The first kappa shape index (κ1) is 29.4. The summed E-state index contributed by atoms with van der Waals surface area (Å²) in [5.74, 6) is -0.161. The molecule has 0 aromatic heterocycles. The molecule has 41 heavy (non-hydrogen) atoms. The molecule has 0 unspecified atom stereocenters. The van der Waals surface area contributed by atoms with Crippen LogP contribution in [0.25, 0.3) is 6.08 Å². The molecule has 1 aliphatic heterocycles. The van der Waals surface area contributed by atoms with E-state index in [0.717, 1.165) is 11.1 Å². The molecule has 11 heteroatoms. The third-order valence-electron chi connectivity index (χ3n) is 6.09. The van der Waals surface area contributed by atoms with Crippen molar-refractivity contribution in [2.24, 2.45) is 4.99 Å². The highest BCUT2D eigenvalue weighted by Gasteiger charge is 2.35. The van der Waals surface area contributed by atoms with E-state index in [1.807, 2.05) is 38.1 Å². The summed E-state index contributed by atoms with van der Waals surface area (Å²) in [4.78, 5) is 20.4. The molecule has 0 spiro atoms. The van der Waals surface area contributed by atoms with Crippen LogP contribution in [0.2, 0.25) is 10.0 Å². The van der Waals surface area contributed by atoms with E-state index in [-0.39, 0.29) is 16.6 Å². The van der Waals surface area contributed by atoms with Crippen molar-refractivity contribution in [3.05, 3.63) is 121 Å². The second-order valence-corrected chi connectivity index (χ2v) is 13.3. The second kappa shape index (κ2) is 12.0. The number of amidine groups is 1. The van der Waals surface area contributed by atoms with Crippen molar-refractivity contribution >= 4 is 89.5 Å². The van der Waals surface area contributed by atoms with Gasteiger partial charge in [-0.2, -0.15) is 8.42 Å². The minimum absolute atomic E-state index is 0.0454. The van der Waals surface area contributed by atoms with Crippen molar-refractivity contribution in [1.29, 1.82) is 0 Å². The molecule has 208 valence electrons. The molecule has 1 saturated heterocycles. The molecule has 1 amide bonds. The van der Waals surface area contributed by atoms with Gasteiger partial charge in [-0.05, 0) is 113 Å². The number of benzene rings is 4. The molecule has 4 aromatic carbocycles. The maximum atomic E-state index is 13.7. The van der Waals surface area contributed by atoms with Crippen LogP contribution in [0.5, 0.6) is 5.75 Å². The fourth-order valence-electron chi connectivity index (χ4n) is 3.84. The first-order valence-electron chi connectivity index (χ1n) is 12.2. The van der Waals surface area contributed by atoms with Crippen LogP contribution in [0.15, 0.2) is 104 Å². The van der Waals surface area contributed by atoms with E-state index >= 15 is 0 Å². The SMILES string of the molecule is Cc1ccc(N=C2S/C(=C/c3ccc(OS(=O)(=O)c4ccccc4)c(Br)c3)C(=O)N2c2ccc(C)c(Cl)c2)cc1Cl. The summed E-state index contributed by atoms with van der Waals surface area (Å²) in [7, 11) is -4.01. The topological polar surface area (TPSA) is 76.0 Å². The van der Waals surface area contributed by atoms with Gasteiger partial charge in [0.25, 0.3) is 5.91 Å². The van der Waals surface area contributed by atoms with Crippen molar-refractivity contribution in [2.75, 3.05) is 4.90 Å². The van der Waals surface area contributed by atoms with Gasteiger partial charge in [-0.3, -0.25) is 9.69 Å². The summed E-state index contributed by atoms with van der Waals surface area (Å²) in [6.07, 6.45) is 1.71. The fourth-order valence-corrected chi connectivity index (χ4v) is 6.74. The number of carbonyl (C=O) groups excluding carboxylic acids is 1. The maximum absolute atomic E-state index is 13.7. The standard InChI is InChI=1S/C30H21BrCl2N2O4S2/c1-18-8-11-21(16-25(18)32)34-30-35(22-12-9-19(2)26(33)17-22)29(36)28(40-30)15-20-10-13-27(24(31)14-20)39-41(37,38)23-6-4-3-5-7-23/h3-17H,1-2H3/b28-15+,34-30?. The number of amides is 1. The Balaban J connectivity index is 1.49. The molecule has 5 rings (SSSR count). The molecule has 0 atom stereocenters. The lowest BCUT2D eigenvalue weighted by Crippen LogP contribution is -2.28.